The molecular weight excluding hydrogens is 343 g/mol. The van der Waals surface area contributed by atoms with Crippen LogP contribution in [-0.4, -0.2) is 6.67 Å². The van der Waals surface area contributed by atoms with Gasteiger partial charge in [-0.05, 0) is 106 Å². The predicted molar refractivity (Wildman–Crippen MR) is 120 cm³/mol. The van der Waals surface area contributed by atoms with Crippen molar-refractivity contribution in [2.24, 2.45) is 35.5 Å². The third-order valence-electron chi connectivity index (χ3n) is 8.81. The molecule has 3 aliphatic carbocycles. The van der Waals surface area contributed by atoms with E-state index in [1.807, 2.05) is 6.08 Å². The molecule has 0 heterocycles. The summed E-state index contributed by atoms with van der Waals surface area (Å²) in [5.74, 6) is 6.26. The lowest BCUT2D eigenvalue weighted by atomic mass is 9.64. The third kappa shape index (κ3) is 6.88. The van der Waals surface area contributed by atoms with Crippen molar-refractivity contribution in [3.8, 4) is 0 Å². The summed E-state index contributed by atoms with van der Waals surface area (Å²) < 4.78 is 12.1. The van der Waals surface area contributed by atoms with E-state index in [9.17, 15) is 4.39 Å². The Bertz CT molecular complexity index is 418. The Hall–Kier alpha value is -0.330. The van der Waals surface area contributed by atoms with Gasteiger partial charge in [0.15, 0.2) is 0 Å². The second kappa shape index (κ2) is 12.4. The number of allylic oxidation sites excluding steroid dienone is 2. The van der Waals surface area contributed by atoms with Gasteiger partial charge in [0.1, 0.15) is 0 Å². The van der Waals surface area contributed by atoms with Crippen LogP contribution in [-0.2, 0) is 0 Å². The molecule has 3 saturated carbocycles. The first-order valence-corrected chi connectivity index (χ1v) is 13.0. The van der Waals surface area contributed by atoms with Crippen molar-refractivity contribution >= 4 is 0 Å². The van der Waals surface area contributed by atoms with Gasteiger partial charge in [0.05, 0.1) is 6.67 Å². The highest BCUT2D eigenvalue weighted by Gasteiger charge is 2.34. The lowest BCUT2D eigenvalue weighted by Crippen LogP contribution is -2.29. The summed E-state index contributed by atoms with van der Waals surface area (Å²) in [6, 6.07) is 0. The molecular formula is C27H47F. The van der Waals surface area contributed by atoms with Crippen LogP contribution in [0.2, 0.25) is 0 Å². The Morgan fingerprint density at radius 2 is 0.964 bits per heavy atom. The topological polar surface area (TPSA) is 0 Å². The van der Waals surface area contributed by atoms with Crippen molar-refractivity contribution in [3.63, 3.8) is 0 Å². The van der Waals surface area contributed by atoms with Crippen molar-refractivity contribution in [1.29, 1.82) is 0 Å². The van der Waals surface area contributed by atoms with Gasteiger partial charge in [-0.3, -0.25) is 4.39 Å². The maximum absolute atomic E-state index is 12.1. The van der Waals surface area contributed by atoms with Gasteiger partial charge in [-0.15, -0.1) is 0 Å². The minimum absolute atomic E-state index is 0.204. The number of rotatable bonds is 9. The van der Waals surface area contributed by atoms with Gasteiger partial charge >= 0.3 is 0 Å². The number of hydrogen-bond donors (Lipinski definition) is 0. The van der Waals surface area contributed by atoms with E-state index >= 15 is 0 Å². The van der Waals surface area contributed by atoms with E-state index in [4.69, 9.17) is 0 Å². The molecule has 0 aromatic heterocycles. The van der Waals surface area contributed by atoms with E-state index in [1.165, 1.54) is 64.2 Å². The highest BCUT2D eigenvalue weighted by atomic mass is 19.1. The van der Waals surface area contributed by atoms with Gasteiger partial charge in [0, 0.05) is 0 Å². The molecule has 0 saturated heterocycles. The third-order valence-corrected chi connectivity index (χ3v) is 8.81. The molecule has 3 aliphatic rings. The second-order valence-electron chi connectivity index (χ2n) is 10.6. The molecule has 28 heavy (non-hydrogen) atoms. The molecule has 0 spiro atoms. The monoisotopic (exact) mass is 390 g/mol. The zero-order valence-corrected chi connectivity index (χ0v) is 18.7. The maximum Gasteiger partial charge on any atom is 0.0928 e. The zero-order valence-electron chi connectivity index (χ0n) is 18.7. The van der Waals surface area contributed by atoms with E-state index in [1.54, 1.807) is 38.5 Å². The first kappa shape index (κ1) is 22.4. The van der Waals surface area contributed by atoms with Crippen LogP contribution >= 0.6 is 0 Å². The fourth-order valence-electron chi connectivity index (χ4n) is 7.02. The van der Waals surface area contributed by atoms with Gasteiger partial charge in [-0.1, -0.05) is 57.6 Å². The molecule has 0 unspecified atom stereocenters. The number of alkyl halides is 1. The van der Waals surface area contributed by atoms with E-state index in [0.717, 1.165) is 35.5 Å². The van der Waals surface area contributed by atoms with Crippen molar-refractivity contribution in [2.75, 3.05) is 6.67 Å². The summed E-state index contributed by atoms with van der Waals surface area (Å²) in [4.78, 5) is 0. The zero-order chi connectivity index (χ0) is 19.6. The Kier molecular flexibility index (Phi) is 9.89. The second-order valence-corrected chi connectivity index (χ2v) is 10.6. The van der Waals surface area contributed by atoms with E-state index in [2.05, 4.69) is 13.0 Å². The molecule has 0 bridgehead atoms. The van der Waals surface area contributed by atoms with Gasteiger partial charge in [-0.25, -0.2) is 0 Å². The van der Waals surface area contributed by atoms with Crippen LogP contribution in [0.1, 0.15) is 116 Å². The molecule has 0 radical (unpaired) electrons. The van der Waals surface area contributed by atoms with Crippen molar-refractivity contribution < 1.29 is 4.39 Å². The summed E-state index contributed by atoms with van der Waals surface area (Å²) in [5.41, 5.74) is 0. The lowest BCUT2D eigenvalue weighted by molar-refractivity contribution is 0.103. The number of hydrogen-bond acceptors (Lipinski definition) is 0. The standard InChI is InChI=1S/C27H47F/c1-2-7-22-9-13-24(14-10-22)26-17-19-27(20-18-26)25-15-11-23(12-16-25)8-5-3-4-6-21-28/h3-4,22-27H,2,5-21H2,1H3/t22-,23-,24-,25-,26-,27-. The molecule has 0 aromatic rings. The Morgan fingerprint density at radius 1 is 0.571 bits per heavy atom. The van der Waals surface area contributed by atoms with Crippen LogP contribution in [0, 0.1) is 35.5 Å². The highest BCUT2D eigenvalue weighted by Crippen LogP contribution is 2.46. The molecule has 0 nitrogen and oxygen atoms in total. The van der Waals surface area contributed by atoms with Crippen LogP contribution in [0.25, 0.3) is 0 Å². The molecule has 162 valence electrons. The molecule has 0 aromatic carbocycles. The summed E-state index contributed by atoms with van der Waals surface area (Å²) in [6.07, 6.45) is 28.5. The minimum Gasteiger partial charge on any atom is -0.251 e. The van der Waals surface area contributed by atoms with Gasteiger partial charge in [0.2, 0.25) is 0 Å². The van der Waals surface area contributed by atoms with Gasteiger partial charge in [-0.2, -0.15) is 0 Å². The van der Waals surface area contributed by atoms with E-state index in [-0.39, 0.29) is 6.67 Å². The highest BCUT2D eigenvalue weighted by molar-refractivity contribution is 4.87. The normalized spacial score (nSPS) is 37.4. The van der Waals surface area contributed by atoms with Crippen molar-refractivity contribution in [3.05, 3.63) is 12.2 Å². The van der Waals surface area contributed by atoms with Crippen LogP contribution in [0.15, 0.2) is 12.2 Å². The SMILES string of the molecule is CCC[C@H]1CC[C@H]([C@H]2CC[C@H]([C@H]3CC[C@H](CCC=CCCF)CC3)CC2)CC1. The maximum atomic E-state index is 12.1. The quantitative estimate of drug-likeness (QED) is 0.345. The minimum atomic E-state index is -0.204. The van der Waals surface area contributed by atoms with Crippen LogP contribution in [0.4, 0.5) is 4.39 Å². The molecule has 0 aliphatic heterocycles. The molecule has 3 rings (SSSR count). The van der Waals surface area contributed by atoms with Crippen LogP contribution in [0.5, 0.6) is 0 Å². The van der Waals surface area contributed by atoms with Gasteiger partial charge < -0.3 is 0 Å². The van der Waals surface area contributed by atoms with E-state index < -0.39 is 0 Å². The van der Waals surface area contributed by atoms with Crippen LogP contribution in [0.3, 0.4) is 0 Å². The largest absolute Gasteiger partial charge is 0.251 e. The molecule has 3 fully saturated rings. The van der Waals surface area contributed by atoms with E-state index in [0.29, 0.717) is 6.42 Å². The fourth-order valence-corrected chi connectivity index (χ4v) is 7.02. The molecule has 0 atom stereocenters. The average Bonchev–Trinajstić information content (AvgIpc) is 2.75. The molecule has 0 amide bonds. The molecule has 0 N–H and O–H groups in total. The van der Waals surface area contributed by atoms with Crippen molar-refractivity contribution in [2.45, 2.75) is 116 Å². The number of halogens is 1. The van der Waals surface area contributed by atoms with Crippen LogP contribution < -0.4 is 0 Å². The smallest absolute Gasteiger partial charge is 0.0928 e. The molecule has 1 heteroatoms. The predicted octanol–water partition coefficient (Wildman–Crippen LogP) is 8.90. The first-order chi connectivity index (χ1) is 13.8. The summed E-state index contributed by atoms with van der Waals surface area (Å²) in [6.45, 7) is 2.15. The summed E-state index contributed by atoms with van der Waals surface area (Å²) in [5, 5.41) is 0. The average molecular weight is 391 g/mol. The Morgan fingerprint density at radius 3 is 1.39 bits per heavy atom. The summed E-state index contributed by atoms with van der Waals surface area (Å²) >= 11 is 0. The fraction of sp³-hybridized carbons (Fsp3) is 0.926. The van der Waals surface area contributed by atoms with Crippen molar-refractivity contribution in [1.82, 2.24) is 0 Å². The Labute approximate surface area is 175 Å². The Balaban J connectivity index is 1.30. The summed E-state index contributed by atoms with van der Waals surface area (Å²) in [7, 11) is 0. The lowest BCUT2D eigenvalue weighted by Gasteiger charge is -2.41. The first-order valence-electron chi connectivity index (χ1n) is 13.0. The van der Waals surface area contributed by atoms with Gasteiger partial charge in [0.25, 0.3) is 0 Å².